The van der Waals surface area contributed by atoms with Crippen LogP contribution in [-0.4, -0.2) is 16.7 Å². The molecule has 1 fully saturated rings. The van der Waals surface area contributed by atoms with Gasteiger partial charge in [0.1, 0.15) is 17.2 Å². The van der Waals surface area contributed by atoms with Crippen molar-refractivity contribution in [1.29, 1.82) is 5.41 Å². The van der Waals surface area contributed by atoms with E-state index >= 15 is 0 Å². The number of benzene rings is 1. The fraction of sp³-hybridized carbons (Fsp3) is 0.333. The van der Waals surface area contributed by atoms with Crippen LogP contribution in [0.5, 0.6) is 5.75 Å². The Morgan fingerprint density at radius 1 is 1.45 bits per heavy atom. The van der Waals surface area contributed by atoms with E-state index in [0.717, 1.165) is 35.9 Å². The zero-order chi connectivity index (χ0) is 14.3. The molecule has 0 atom stereocenters. The molecule has 1 saturated heterocycles. The molecule has 5 heteroatoms. The molecule has 2 heterocycles. The van der Waals surface area contributed by atoms with Crippen molar-refractivity contribution in [3.05, 3.63) is 34.2 Å². The number of amides is 1. The van der Waals surface area contributed by atoms with Gasteiger partial charge < -0.3 is 10.1 Å². The molecule has 1 amide bonds. The van der Waals surface area contributed by atoms with Crippen LogP contribution in [0.4, 0.5) is 4.79 Å². The standard InChI is InChI=1S/C15H16N2O2S/c1-15(2)6-5-10-7-9(3-4-11(10)19-15)8-12-13(16)17-14(18)20-12/h3-4,7-8H,5-6H2,1-2H3,(H2,16,17,18). The monoisotopic (exact) mass is 288 g/mol. The minimum atomic E-state index is -0.190. The van der Waals surface area contributed by atoms with Crippen molar-refractivity contribution in [1.82, 2.24) is 5.32 Å². The second-order valence-electron chi connectivity index (χ2n) is 5.63. The van der Waals surface area contributed by atoms with E-state index in [2.05, 4.69) is 25.2 Å². The summed E-state index contributed by atoms with van der Waals surface area (Å²) in [5.74, 6) is 1.11. The summed E-state index contributed by atoms with van der Waals surface area (Å²) in [7, 11) is 0. The second-order valence-corrected chi connectivity index (χ2v) is 6.64. The first-order valence-electron chi connectivity index (χ1n) is 6.54. The quantitative estimate of drug-likeness (QED) is 0.830. The second kappa shape index (κ2) is 4.66. The topological polar surface area (TPSA) is 62.2 Å². The van der Waals surface area contributed by atoms with E-state index in [4.69, 9.17) is 10.1 Å². The third-order valence-electron chi connectivity index (χ3n) is 3.44. The molecular weight excluding hydrogens is 272 g/mol. The molecule has 4 nitrogen and oxygen atoms in total. The van der Waals surface area contributed by atoms with E-state index in [9.17, 15) is 4.79 Å². The molecule has 1 aromatic rings. The number of fused-ring (bicyclic) bond motifs is 1. The minimum Gasteiger partial charge on any atom is -0.488 e. The Morgan fingerprint density at radius 3 is 2.95 bits per heavy atom. The molecule has 0 radical (unpaired) electrons. The lowest BCUT2D eigenvalue weighted by Gasteiger charge is -2.32. The number of thioether (sulfide) groups is 1. The molecule has 1 aromatic carbocycles. The van der Waals surface area contributed by atoms with Gasteiger partial charge in [0.15, 0.2) is 0 Å². The molecule has 0 bridgehead atoms. The number of ether oxygens (including phenoxy) is 1. The van der Waals surface area contributed by atoms with Crippen LogP contribution >= 0.6 is 11.8 Å². The van der Waals surface area contributed by atoms with E-state index in [1.165, 1.54) is 5.56 Å². The summed E-state index contributed by atoms with van der Waals surface area (Å²) in [6, 6.07) is 6.01. The number of carbonyl (C=O) groups excluding carboxylic acids is 1. The van der Waals surface area contributed by atoms with Crippen LogP contribution < -0.4 is 10.1 Å². The van der Waals surface area contributed by atoms with Crippen molar-refractivity contribution in [3.63, 3.8) is 0 Å². The lowest BCUT2D eigenvalue weighted by atomic mass is 9.93. The molecular formula is C15H16N2O2S. The van der Waals surface area contributed by atoms with Gasteiger partial charge in [0, 0.05) is 0 Å². The summed E-state index contributed by atoms with van der Waals surface area (Å²) in [4.78, 5) is 11.9. The van der Waals surface area contributed by atoms with E-state index in [-0.39, 0.29) is 16.7 Å². The number of aryl methyl sites for hydroxylation is 1. The Labute approximate surface area is 122 Å². The van der Waals surface area contributed by atoms with E-state index in [0.29, 0.717) is 4.91 Å². The van der Waals surface area contributed by atoms with Crippen LogP contribution in [-0.2, 0) is 6.42 Å². The molecule has 104 valence electrons. The highest BCUT2D eigenvalue weighted by Crippen LogP contribution is 2.34. The van der Waals surface area contributed by atoms with Gasteiger partial charge >= 0.3 is 0 Å². The minimum absolute atomic E-state index is 0.104. The fourth-order valence-corrected chi connectivity index (χ4v) is 3.06. The van der Waals surface area contributed by atoms with Crippen molar-refractivity contribution < 1.29 is 9.53 Å². The molecule has 3 rings (SSSR count). The largest absolute Gasteiger partial charge is 0.488 e. The van der Waals surface area contributed by atoms with Crippen molar-refractivity contribution in [3.8, 4) is 5.75 Å². The highest BCUT2D eigenvalue weighted by atomic mass is 32.2. The fourth-order valence-electron chi connectivity index (χ4n) is 2.36. The predicted molar refractivity (Wildman–Crippen MR) is 81.3 cm³/mol. The SMILES string of the molecule is CC1(C)CCc2cc(C=C3SC(=O)NC3=N)ccc2O1. The van der Waals surface area contributed by atoms with Crippen molar-refractivity contribution >= 4 is 28.9 Å². The average molecular weight is 288 g/mol. The van der Waals surface area contributed by atoms with Crippen LogP contribution in [0.1, 0.15) is 31.4 Å². The molecule has 2 N–H and O–H groups in total. The summed E-state index contributed by atoms with van der Waals surface area (Å²) in [6.45, 7) is 4.19. The number of hydrogen-bond acceptors (Lipinski definition) is 4. The van der Waals surface area contributed by atoms with Gasteiger partial charge in [-0.2, -0.15) is 0 Å². The highest BCUT2D eigenvalue weighted by molar-refractivity contribution is 8.18. The van der Waals surface area contributed by atoms with Crippen LogP contribution in [0.2, 0.25) is 0 Å². The predicted octanol–water partition coefficient (Wildman–Crippen LogP) is 3.56. The summed E-state index contributed by atoms with van der Waals surface area (Å²) in [5.41, 5.74) is 2.08. The molecule has 20 heavy (non-hydrogen) atoms. The van der Waals surface area contributed by atoms with Crippen molar-refractivity contribution in [2.24, 2.45) is 0 Å². The Bertz CT molecular complexity index is 635. The molecule has 0 spiro atoms. The van der Waals surface area contributed by atoms with Gasteiger partial charge in [-0.05, 0) is 67.8 Å². The zero-order valence-electron chi connectivity index (χ0n) is 11.4. The molecule has 0 saturated carbocycles. The van der Waals surface area contributed by atoms with Gasteiger partial charge in [-0.3, -0.25) is 10.2 Å². The van der Waals surface area contributed by atoms with Crippen LogP contribution in [0, 0.1) is 5.41 Å². The number of rotatable bonds is 1. The lowest BCUT2D eigenvalue weighted by molar-refractivity contribution is 0.0847. The number of hydrogen-bond donors (Lipinski definition) is 2. The van der Waals surface area contributed by atoms with Gasteiger partial charge in [0.25, 0.3) is 5.24 Å². The maximum absolute atomic E-state index is 11.2. The third-order valence-corrected chi connectivity index (χ3v) is 4.27. The molecule has 0 unspecified atom stereocenters. The first-order chi connectivity index (χ1) is 9.43. The van der Waals surface area contributed by atoms with Crippen molar-refractivity contribution in [2.45, 2.75) is 32.3 Å². The van der Waals surface area contributed by atoms with Gasteiger partial charge in [-0.1, -0.05) is 6.07 Å². The van der Waals surface area contributed by atoms with Crippen LogP contribution in [0.25, 0.3) is 6.08 Å². The summed E-state index contributed by atoms with van der Waals surface area (Å²) in [6.07, 6.45) is 3.84. The Balaban J connectivity index is 1.89. The number of amidine groups is 1. The van der Waals surface area contributed by atoms with E-state index < -0.39 is 0 Å². The third kappa shape index (κ3) is 2.58. The van der Waals surface area contributed by atoms with E-state index in [1.54, 1.807) is 0 Å². The van der Waals surface area contributed by atoms with Crippen molar-refractivity contribution in [2.75, 3.05) is 0 Å². The molecule has 0 aromatic heterocycles. The smallest absolute Gasteiger partial charge is 0.289 e. The first kappa shape index (κ1) is 13.2. The molecule has 2 aliphatic heterocycles. The van der Waals surface area contributed by atoms with E-state index in [1.807, 2.05) is 18.2 Å². The number of carbonyl (C=O) groups is 1. The van der Waals surface area contributed by atoms with Gasteiger partial charge in [-0.25, -0.2) is 0 Å². The Hall–Kier alpha value is -1.75. The first-order valence-corrected chi connectivity index (χ1v) is 7.36. The molecule has 2 aliphatic rings. The average Bonchev–Trinajstić information content (AvgIpc) is 2.67. The Morgan fingerprint density at radius 2 is 2.25 bits per heavy atom. The highest BCUT2D eigenvalue weighted by Gasteiger charge is 2.26. The van der Waals surface area contributed by atoms with Gasteiger partial charge in [0.2, 0.25) is 0 Å². The normalized spacial score (nSPS) is 22.4. The maximum Gasteiger partial charge on any atom is 0.289 e. The number of nitrogens with one attached hydrogen (secondary N) is 2. The molecule has 0 aliphatic carbocycles. The van der Waals surface area contributed by atoms with Crippen LogP contribution in [0.3, 0.4) is 0 Å². The zero-order valence-corrected chi connectivity index (χ0v) is 12.3. The summed E-state index contributed by atoms with van der Waals surface area (Å²) >= 11 is 1.06. The van der Waals surface area contributed by atoms with Gasteiger partial charge in [0.05, 0.1) is 4.91 Å². The Kier molecular flexibility index (Phi) is 3.09. The lowest BCUT2D eigenvalue weighted by Crippen LogP contribution is -2.32. The van der Waals surface area contributed by atoms with Crippen LogP contribution in [0.15, 0.2) is 23.1 Å². The maximum atomic E-state index is 11.2. The summed E-state index contributed by atoms with van der Waals surface area (Å²) < 4.78 is 5.95. The summed E-state index contributed by atoms with van der Waals surface area (Å²) in [5, 5.41) is 9.96. The van der Waals surface area contributed by atoms with Gasteiger partial charge in [-0.15, -0.1) is 0 Å².